The first-order valence-electron chi connectivity index (χ1n) is 8.48. The molecule has 1 unspecified atom stereocenters. The molecule has 1 amide bonds. The molecule has 7 nitrogen and oxygen atoms in total. The minimum atomic E-state index is -3.26. The van der Waals surface area contributed by atoms with Crippen molar-refractivity contribution in [1.29, 1.82) is 0 Å². The van der Waals surface area contributed by atoms with Crippen LogP contribution in [0.15, 0.2) is 41.8 Å². The number of rotatable bonds is 6. The van der Waals surface area contributed by atoms with E-state index in [1.807, 2.05) is 17.5 Å². The van der Waals surface area contributed by atoms with Crippen molar-refractivity contribution in [1.82, 2.24) is 5.32 Å². The van der Waals surface area contributed by atoms with Crippen LogP contribution < -0.4 is 9.62 Å². The van der Waals surface area contributed by atoms with E-state index < -0.39 is 22.1 Å². The fourth-order valence-corrected chi connectivity index (χ4v) is 4.92. The van der Waals surface area contributed by atoms with Gasteiger partial charge in [0.2, 0.25) is 10.0 Å². The molecule has 1 atom stereocenters. The van der Waals surface area contributed by atoms with Crippen molar-refractivity contribution >= 4 is 38.9 Å². The molecule has 0 aliphatic carbocycles. The Bertz CT molecular complexity index is 908. The zero-order valence-electron chi connectivity index (χ0n) is 14.8. The third-order valence-corrected chi connectivity index (χ3v) is 6.91. The fraction of sp³-hybridized carbons (Fsp3) is 0.333. The second-order valence-corrected chi connectivity index (χ2v) is 9.18. The molecule has 1 N–H and O–H groups in total. The van der Waals surface area contributed by atoms with E-state index in [0.29, 0.717) is 25.2 Å². The Morgan fingerprint density at radius 3 is 2.59 bits per heavy atom. The van der Waals surface area contributed by atoms with Crippen LogP contribution in [0.2, 0.25) is 0 Å². The topological polar surface area (TPSA) is 92.8 Å². The van der Waals surface area contributed by atoms with E-state index in [-0.39, 0.29) is 17.2 Å². The molecule has 1 saturated heterocycles. The van der Waals surface area contributed by atoms with Gasteiger partial charge in [-0.3, -0.25) is 9.10 Å². The van der Waals surface area contributed by atoms with Gasteiger partial charge >= 0.3 is 5.97 Å². The van der Waals surface area contributed by atoms with Crippen LogP contribution in [0, 0.1) is 0 Å². The summed E-state index contributed by atoms with van der Waals surface area (Å²) >= 11 is 1.53. The molecular formula is C18H20N2O5S2. The first-order valence-corrected chi connectivity index (χ1v) is 11.0. The number of benzene rings is 1. The lowest BCUT2D eigenvalue weighted by molar-refractivity contribution is -0.129. The molecule has 1 aliphatic rings. The minimum absolute atomic E-state index is 0.134. The van der Waals surface area contributed by atoms with Gasteiger partial charge in [0.1, 0.15) is 0 Å². The third kappa shape index (κ3) is 4.67. The van der Waals surface area contributed by atoms with Gasteiger partial charge in [0.25, 0.3) is 5.91 Å². The molecule has 3 rings (SSSR count). The van der Waals surface area contributed by atoms with Gasteiger partial charge in [0.15, 0.2) is 6.10 Å². The van der Waals surface area contributed by atoms with Crippen molar-refractivity contribution in [3.8, 4) is 0 Å². The molecule has 27 heavy (non-hydrogen) atoms. The van der Waals surface area contributed by atoms with E-state index in [2.05, 4.69) is 5.32 Å². The number of amides is 1. The van der Waals surface area contributed by atoms with Gasteiger partial charge in [0, 0.05) is 11.4 Å². The number of esters is 1. The molecule has 1 aliphatic heterocycles. The fourth-order valence-electron chi connectivity index (χ4n) is 2.71. The summed E-state index contributed by atoms with van der Waals surface area (Å²) in [6.07, 6.45) is -0.347. The Kier molecular flexibility index (Phi) is 5.81. The molecule has 2 aromatic rings. The number of carbonyl (C=O) groups is 2. The lowest BCUT2D eigenvalue weighted by Gasteiger charge is -2.17. The van der Waals surface area contributed by atoms with Crippen molar-refractivity contribution in [3.63, 3.8) is 0 Å². The Hall–Kier alpha value is -2.39. The molecular weight excluding hydrogens is 388 g/mol. The number of nitrogens with zero attached hydrogens (tertiary/aromatic N) is 1. The predicted molar refractivity (Wildman–Crippen MR) is 103 cm³/mol. The first-order chi connectivity index (χ1) is 12.9. The summed E-state index contributed by atoms with van der Waals surface area (Å²) in [7, 11) is -3.26. The van der Waals surface area contributed by atoms with Gasteiger partial charge in [-0.15, -0.1) is 11.3 Å². The van der Waals surface area contributed by atoms with Crippen LogP contribution in [-0.2, 0) is 26.1 Å². The van der Waals surface area contributed by atoms with E-state index in [4.69, 9.17) is 4.74 Å². The summed E-state index contributed by atoms with van der Waals surface area (Å²) in [6.45, 7) is 2.33. The largest absolute Gasteiger partial charge is 0.449 e. The molecule has 0 saturated carbocycles. The Labute approximate surface area is 162 Å². The normalized spacial score (nSPS) is 16.7. The van der Waals surface area contributed by atoms with Crippen molar-refractivity contribution in [2.45, 2.75) is 26.0 Å². The number of sulfonamides is 1. The second-order valence-electron chi connectivity index (χ2n) is 6.13. The summed E-state index contributed by atoms with van der Waals surface area (Å²) in [5.74, 6) is -0.879. The van der Waals surface area contributed by atoms with Crippen LogP contribution in [0.1, 0.15) is 28.6 Å². The lowest BCUT2D eigenvalue weighted by Crippen LogP contribution is -2.35. The summed E-state index contributed by atoms with van der Waals surface area (Å²) in [4.78, 5) is 25.3. The lowest BCUT2D eigenvalue weighted by atomic mass is 10.2. The van der Waals surface area contributed by atoms with Crippen molar-refractivity contribution in [3.05, 3.63) is 52.2 Å². The summed E-state index contributed by atoms with van der Waals surface area (Å²) < 4.78 is 30.4. The maximum Gasteiger partial charge on any atom is 0.338 e. The summed E-state index contributed by atoms with van der Waals surface area (Å²) in [5.41, 5.74) is 0.777. The maximum atomic E-state index is 12.2. The number of carbonyl (C=O) groups excluding carboxylic acids is 2. The van der Waals surface area contributed by atoms with Crippen molar-refractivity contribution < 1.29 is 22.7 Å². The summed E-state index contributed by atoms with van der Waals surface area (Å²) in [5, 5.41) is 4.64. The summed E-state index contributed by atoms with van der Waals surface area (Å²) in [6, 6.07) is 9.95. The maximum absolute atomic E-state index is 12.2. The van der Waals surface area contributed by atoms with E-state index in [1.54, 1.807) is 12.1 Å². The number of anilines is 1. The van der Waals surface area contributed by atoms with Gasteiger partial charge in [-0.1, -0.05) is 6.07 Å². The number of ether oxygens (including phenoxy) is 1. The van der Waals surface area contributed by atoms with Crippen LogP contribution in [0.25, 0.3) is 0 Å². The number of hydrogen-bond donors (Lipinski definition) is 1. The molecule has 2 heterocycles. The average Bonchev–Trinajstić information content (AvgIpc) is 3.28. The molecule has 144 valence electrons. The smallest absolute Gasteiger partial charge is 0.338 e. The van der Waals surface area contributed by atoms with Crippen LogP contribution in [-0.4, -0.2) is 38.7 Å². The monoisotopic (exact) mass is 408 g/mol. The molecule has 1 fully saturated rings. The molecule has 1 aromatic carbocycles. The SMILES string of the molecule is CC(OC(=O)c1ccc(N2CCCS2(=O)=O)cc1)C(=O)NCc1cccs1. The first kappa shape index (κ1) is 19.4. The van der Waals surface area contributed by atoms with Crippen LogP contribution >= 0.6 is 11.3 Å². The minimum Gasteiger partial charge on any atom is -0.449 e. The third-order valence-electron chi connectivity index (χ3n) is 4.16. The van der Waals surface area contributed by atoms with Crippen LogP contribution in [0.4, 0.5) is 5.69 Å². The number of hydrogen-bond acceptors (Lipinski definition) is 6. The van der Waals surface area contributed by atoms with Gasteiger partial charge < -0.3 is 10.1 Å². The highest BCUT2D eigenvalue weighted by Gasteiger charge is 2.28. The van der Waals surface area contributed by atoms with Gasteiger partial charge in [-0.25, -0.2) is 13.2 Å². The van der Waals surface area contributed by atoms with Gasteiger partial charge in [-0.05, 0) is 49.1 Å². The van der Waals surface area contributed by atoms with Crippen molar-refractivity contribution in [2.75, 3.05) is 16.6 Å². The van der Waals surface area contributed by atoms with Crippen molar-refractivity contribution in [2.24, 2.45) is 0 Å². The van der Waals surface area contributed by atoms with Crippen LogP contribution in [0.3, 0.4) is 0 Å². The zero-order valence-corrected chi connectivity index (χ0v) is 16.4. The molecule has 0 bridgehead atoms. The predicted octanol–water partition coefficient (Wildman–Crippen LogP) is 2.15. The Morgan fingerprint density at radius 1 is 1.26 bits per heavy atom. The Morgan fingerprint density at radius 2 is 2.00 bits per heavy atom. The number of nitrogens with one attached hydrogen (secondary N) is 1. The van der Waals surface area contributed by atoms with Crippen LogP contribution in [0.5, 0.6) is 0 Å². The standard InChI is InChI=1S/C18H20N2O5S2/c1-13(17(21)19-12-16-4-2-10-26-16)25-18(22)14-5-7-15(8-6-14)20-9-3-11-27(20,23)24/h2,4-8,10,13H,3,9,11-12H2,1H3,(H,19,21). The highest BCUT2D eigenvalue weighted by atomic mass is 32.2. The highest BCUT2D eigenvalue weighted by Crippen LogP contribution is 2.24. The second kappa shape index (κ2) is 8.10. The molecule has 1 aromatic heterocycles. The average molecular weight is 409 g/mol. The van der Waals surface area contributed by atoms with Gasteiger partial charge in [-0.2, -0.15) is 0 Å². The highest BCUT2D eigenvalue weighted by molar-refractivity contribution is 7.93. The quantitative estimate of drug-likeness (QED) is 0.740. The Balaban J connectivity index is 1.56. The van der Waals surface area contributed by atoms with E-state index in [0.717, 1.165) is 4.88 Å². The van der Waals surface area contributed by atoms with Gasteiger partial charge in [0.05, 0.1) is 23.5 Å². The molecule has 0 radical (unpaired) electrons. The number of thiophene rings is 1. The molecule has 9 heteroatoms. The molecule has 0 spiro atoms. The van der Waals surface area contributed by atoms with E-state index in [9.17, 15) is 18.0 Å². The van der Waals surface area contributed by atoms with E-state index >= 15 is 0 Å². The zero-order chi connectivity index (χ0) is 19.4. The van der Waals surface area contributed by atoms with E-state index in [1.165, 1.54) is 34.7 Å².